The van der Waals surface area contributed by atoms with Gasteiger partial charge in [-0.3, -0.25) is 0 Å². The first-order valence-electron chi connectivity index (χ1n) is 12.4. The Balaban J connectivity index is 4.17. The minimum absolute atomic E-state index is 0.0430. The quantitative estimate of drug-likeness (QED) is 0.0667. The molecule has 0 aliphatic carbocycles. The molecule has 0 saturated carbocycles. The van der Waals surface area contributed by atoms with Crippen LogP contribution in [0.1, 0.15) is 117 Å². The van der Waals surface area contributed by atoms with Crippen molar-refractivity contribution in [1.82, 2.24) is 0 Å². The fourth-order valence-corrected chi connectivity index (χ4v) is 6.11. The Bertz CT molecular complexity index is 313. The Morgan fingerprint density at radius 1 is 0.679 bits per heavy atom. The molecule has 2 nitrogen and oxygen atoms in total. The lowest BCUT2D eigenvalue weighted by molar-refractivity contribution is -0.0926. The van der Waals surface area contributed by atoms with Crippen LogP contribution in [0.15, 0.2) is 0 Å². The largest absolute Gasteiger partial charge is 0.393 e. The predicted octanol–water partition coefficient (Wildman–Crippen LogP) is 9.23. The number of hydrogen-bond donors (Lipinski definition) is 0. The molecular formula is C24H51BrO2Si. The molecule has 0 aromatic rings. The van der Waals surface area contributed by atoms with E-state index in [0.29, 0.717) is 0 Å². The predicted molar refractivity (Wildman–Crippen MR) is 132 cm³/mol. The van der Waals surface area contributed by atoms with Gasteiger partial charge >= 0.3 is 0 Å². The molecule has 0 rings (SSSR count). The summed E-state index contributed by atoms with van der Waals surface area (Å²) in [5.41, 5.74) is 0. The Morgan fingerprint density at radius 3 is 1.86 bits per heavy atom. The van der Waals surface area contributed by atoms with Crippen LogP contribution in [0.4, 0.5) is 0 Å². The molecule has 0 N–H and O–H groups in total. The van der Waals surface area contributed by atoms with E-state index in [-0.39, 0.29) is 6.29 Å². The maximum Gasteiger partial charge on any atom is 0.190 e. The lowest BCUT2D eigenvalue weighted by Crippen LogP contribution is -2.36. The van der Waals surface area contributed by atoms with E-state index in [4.69, 9.17) is 9.16 Å². The average molecular weight is 480 g/mol. The fourth-order valence-electron chi connectivity index (χ4n) is 3.60. The Kier molecular flexibility index (Phi) is 21.3. The summed E-state index contributed by atoms with van der Waals surface area (Å²) in [5, 5.41) is 1.14. The molecule has 0 spiro atoms. The standard InChI is InChI=1S/C24H51BrO2Si/c1-5-7-9-11-14-18-22-26-24(20-16-12-10-8-6-2)27-28(3,4)23-19-15-13-17-21-25/h24H,5-23H2,1-4H3. The first-order chi connectivity index (χ1) is 13.6. The van der Waals surface area contributed by atoms with E-state index >= 15 is 0 Å². The summed E-state index contributed by atoms with van der Waals surface area (Å²) in [6.45, 7) is 10.2. The van der Waals surface area contributed by atoms with Crippen LogP contribution in [-0.4, -0.2) is 26.5 Å². The van der Waals surface area contributed by atoms with Crippen LogP contribution in [0, 0.1) is 0 Å². The normalized spacial score (nSPS) is 13.2. The van der Waals surface area contributed by atoms with Gasteiger partial charge in [-0.1, -0.05) is 107 Å². The van der Waals surface area contributed by atoms with E-state index in [0.717, 1.165) is 18.4 Å². The van der Waals surface area contributed by atoms with Crippen LogP contribution in [-0.2, 0) is 9.16 Å². The van der Waals surface area contributed by atoms with Crippen molar-refractivity contribution in [3.8, 4) is 0 Å². The smallest absolute Gasteiger partial charge is 0.190 e. The highest BCUT2D eigenvalue weighted by molar-refractivity contribution is 9.09. The van der Waals surface area contributed by atoms with Crippen molar-refractivity contribution < 1.29 is 9.16 Å². The molecule has 0 heterocycles. The summed E-state index contributed by atoms with van der Waals surface area (Å²) in [6.07, 6.45) is 20.9. The van der Waals surface area contributed by atoms with Crippen LogP contribution in [0.25, 0.3) is 0 Å². The summed E-state index contributed by atoms with van der Waals surface area (Å²) in [5.74, 6) is 0. The van der Waals surface area contributed by atoms with E-state index < -0.39 is 8.32 Å². The number of hydrogen-bond acceptors (Lipinski definition) is 2. The van der Waals surface area contributed by atoms with Gasteiger partial charge in [-0.2, -0.15) is 0 Å². The van der Waals surface area contributed by atoms with Gasteiger partial charge in [0.15, 0.2) is 8.32 Å². The first-order valence-corrected chi connectivity index (χ1v) is 16.6. The highest BCUT2D eigenvalue weighted by Crippen LogP contribution is 2.22. The van der Waals surface area contributed by atoms with Crippen molar-refractivity contribution >= 4 is 24.2 Å². The molecule has 1 atom stereocenters. The van der Waals surface area contributed by atoms with Gasteiger partial charge in [-0.25, -0.2) is 0 Å². The fraction of sp³-hybridized carbons (Fsp3) is 1.00. The van der Waals surface area contributed by atoms with Crippen molar-refractivity contribution in [3.05, 3.63) is 0 Å². The Hall–Kier alpha value is 0.617. The maximum atomic E-state index is 6.60. The second-order valence-corrected chi connectivity index (χ2v) is 14.0. The highest BCUT2D eigenvalue weighted by Gasteiger charge is 2.26. The van der Waals surface area contributed by atoms with E-state index in [1.807, 2.05) is 0 Å². The van der Waals surface area contributed by atoms with Gasteiger partial charge < -0.3 is 9.16 Å². The molecule has 0 aromatic carbocycles. The number of rotatable bonds is 22. The molecule has 170 valence electrons. The van der Waals surface area contributed by atoms with Crippen molar-refractivity contribution in [2.45, 2.75) is 142 Å². The zero-order valence-electron chi connectivity index (χ0n) is 19.7. The summed E-state index contributed by atoms with van der Waals surface area (Å²) in [7, 11) is -1.62. The van der Waals surface area contributed by atoms with Gasteiger partial charge in [0.05, 0.1) is 0 Å². The second-order valence-electron chi connectivity index (χ2n) is 9.00. The minimum atomic E-state index is -1.62. The van der Waals surface area contributed by atoms with Crippen LogP contribution in [0.2, 0.25) is 19.1 Å². The zero-order valence-corrected chi connectivity index (χ0v) is 22.3. The third-order valence-corrected chi connectivity index (χ3v) is 8.48. The lowest BCUT2D eigenvalue weighted by Gasteiger charge is -2.29. The van der Waals surface area contributed by atoms with Crippen LogP contribution in [0.5, 0.6) is 0 Å². The number of halogens is 1. The molecule has 0 saturated heterocycles. The van der Waals surface area contributed by atoms with Gasteiger partial charge in [0.25, 0.3) is 0 Å². The van der Waals surface area contributed by atoms with Gasteiger partial charge in [-0.05, 0) is 44.8 Å². The van der Waals surface area contributed by atoms with Gasteiger partial charge in [0.1, 0.15) is 6.29 Å². The van der Waals surface area contributed by atoms with Crippen molar-refractivity contribution in [3.63, 3.8) is 0 Å². The second kappa shape index (κ2) is 20.9. The minimum Gasteiger partial charge on any atom is -0.393 e. The molecular weight excluding hydrogens is 428 g/mol. The van der Waals surface area contributed by atoms with Crippen molar-refractivity contribution in [2.24, 2.45) is 0 Å². The average Bonchev–Trinajstić information content (AvgIpc) is 2.66. The highest BCUT2D eigenvalue weighted by atomic mass is 79.9. The Morgan fingerprint density at radius 2 is 1.21 bits per heavy atom. The van der Waals surface area contributed by atoms with Gasteiger partial charge in [0.2, 0.25) is 0 Å². The van der Waals surface area contributed by atoms with Crippen LogP contribution in [0.3, 0.4) is 0 Å². The monoisotopic (exact) mass is 478 g/mol. The summed E-state index contributed by atoms with van der Waals surface area (Å²) >= 11 is 3.53. The summed E-state index contributed by atoms with van der Waals surface area (Å²) in [4.78, 5) is 0. The molecule has 4 heteroatoms. The molecule has 0 aliphatic rings. The Labute approximate surface area is 187 Å². The van der Waals surface area contributed by atoms with Gasteiger partial charge in [0, 0.05) is 11.9 Å². The third-order valence-electron chi connectivity index (χ3n) is 5.46. The number of ether oxygens (including phenoxy) is 1. The van der Waals surface area contributed by atoms with Crippen molar-refractivity contribution in [2.75, 3.05) is 11.9 Å². The maximum absolute atomic E-state index is 6.60. The SMILES string of the molecule is CCCCCCCCOC(CCCCCCC)O[Si](C)(C)CCCCCCBr. The number of unbranched alkanes of at least 4 members (excludes halogenated alkanes) is 12. The van der Waals surface area contributed by atoms with Crippen LogP contribution < -0.4 is 0 Å². The van der Waals surface area contributed by atoms with E-state index in [1.54, 1.807) is 0 Å². The van der Waals surface area contributed by atoms with E-state index in [9.17, 15) is 0 Å². The lowest BCUT2D eigenvalue weighted by atomic mass is 10.1. The third kappa shape index (κ3) is 19.9. The summed E-state index contributed by atoms with van der Waals surface area (Å²) < 4.78 is 12.8. The summed E-state index contributed by atoms with van der Waals surface area (Å²) in [6, 6.07) is 1.27. The van der Waals surface area contributed by atoms with Crippen LogP contribution >= 0.6 is 15.9 Å². The van der Waals surface area contributed by atoms with Crippen molar-refractivity contribution in [1.29, 1.82) is 0 Å². The van der Waals surface area contributed by atoms with Gasteiger partial charge in [-0.15, -0.1) is 0 Å². The molecule has 1 unspecified atom stereocenters. The molecule has 0 aromatic heterocycles. The zero-order chi connectivity index (χ0) is 20.9. The molecule has 0 aliphatic heterocycles. The number of alkyl halides is 1. The van der Waals surface area contributed by atoms with E-state index in [1.165, 1.54) is 102 Å². The van der Waals surface area contributed by atoms with E-state index in [2.05, 4.69) is 42.9 Å². The molecule has 0 bridgehead atoms. The molecule has 0 amide bonds. The molecule has 0 fully saturated rings. The topological polar surface area (TPSA) is 18.5 Å². The first kappa shape index (κ1) is 28.6. The molecule has 28 heavy (non-hydrogen) atoms. The molecule has 0 radical (unpaired) electrons.